The van der Waals surface area contributed by atoms with Crippen molar-refractivity contribution in [3.8, 4) is 0 Å². The van der Waals surface area contributed by atoms with Gasteiger partial charge in [-0.1, -0.05) is 30.7 Å². The van der Waals surface area contributed by atoms with E-state index in [0.29, 0.717) is 5.02 Å². The van der Waals surface area contributed by atoms with Gasteiger partial charge in [0.2, 0.25) is 0 Å². The number of rotatable bonds is 5. The molecule has 2 aromatic rings. The molecule has 0 bridgehead atoms. The van der Waals surface area contributed by atoms with Gasteiger partial charge in [-0.15, -0.1) is 0 Å². The number of anilines is 2. The van der Waals surface area contributed by atoms with Gasteiger partial charge in [0.05, 0.1) is 16.8 Å². The van der Waals surface area contributed by atoms with Gasteiger partial charge < -0.3 is 10.2 Å². The lowest BCUT2D eigenvalue weighted by Gasteiger charge is -2.21. The minimum Gasteiger partial charge on any atom is -0.378 e. The fourth-order valence-corrected chi connectivity index (χ4v) is 2.63. The Kier molecular flexibility index (Phi) is 5.07. The molecular formula is C17H20ClFN2. The summed E-state index contributed by atoms with van der Waals surface area (Å²) in [6, 6.07) is 12.6. The average molecular weight is 307 g/mol. The van der Waals surface area contributed by atoms with Gasteiger partial charge >= 0.3 is 0 Å². The van der Waals surface area contributed by atoms with Crippen molar-refractivity contribution in [3.05, 3.63) is 58.9 Å². The van der Waals surface area contributed by atoms with Crippen LogP contribution in [0.5, 0.6) is 0 Å². The molecule has 2 rings (SSSR count). The Morgan fingerprint density at radius 2 is 1.81 bits per heavy atom. The first-order valence-electron chi connectivity index (χ1n) is 7.00. The summed E-state index contributed by atoms with van der Waals surface area (Å²) >= 11 is 6.29. The average Bonchev–Trinajstić information content (AvgIpc) is 2.45. The molecule has 0 amide bonds. The highest BCUT2D eigenvalue weighted by atomic mass is 35.5. The Labute approximate surface area is 130 Å². The first-order valence-corrected chi connectivity index (χ1v) is 7.38. The third-order valence-electron chi connectivity index (χ3n) is 3.45. The fraction of sp³-hybridized carbons (Fsp3) is 0.294. The van der Waals surface area contributed by atoms with Crippen LogP contribution in [0.4, 0.5) is 15.8 Å². The van der Waals surface area contributed by atoms with E-state index in [2.05, 4.69) is 12.2 Å². The topological polar surface area (TPSA) is 15.3 Å². The summed E-state index contributed by atoms with van der Waals surface area (Å²) in [4.78, 5) is 1.98. The Balaban J connectivity index is 2.19. The van der Waals surface area contributed by atoms with Crippen LogP contribution >= 0.6 is 11.6 Å². The molecule has 0 heterocycles. The van der Waals surface area contributed by atoms with Crippen molar-refractivity contribution in [2.75, 3.05) is 24.3 Å². The third kappa shape index (κ3) is 3.88. The molecule has 0 saturated carbocycles. The highest BCUT2D eigenvalue weighted by molar-refractivity contribution is 6.33. The van der Waals surface area contributed by atoms with Crippen LogP contribution in [0.3, 0.4) is 0 Å². The molecule has 1 N–H and O–H groups in total. The van der Waals surface area contributed by atoms with E-state index in [4.69, 9.17) is 11.6 Å². The van der Waals surface area contributed by atoms with E-state index in [-0.39, 0.29) is 11.9 Å². The summed E-state index contributed by atoms with van der Waals surface area (Å²) < 4.78 is 13.0. The zero-order valence-electron chi connectivity index (χ0n) is 12.5. The summed E-state index contributed by atoms with van der Waals surface area (Å²) in [5.74, 6) is -0.216. The van der Waals surface area contributed by atoms with Crippen molar-refractivity contribution >= 4 is 23.0 Å². The van der Waals surface area contributed by atoms with Gasteiger partial charge in [0.1, 0.15) is 5.82 Å². The van der Waals surface area contributed by atoms with Crippen molar-refractivity contribution in [1.82, 2.24) is 0 Å². The zero-order chi connectivity index (χ0) is 15.4. The highest BCUT2D eigenvalue weighted by Gasteiger charge is 2.11. The maximum absolute atomic E-state index is 13.0. The Hall–Kier alpha value is -1.74. The molecular weight excluding hydrogens is 287 g/mol. The van der Waals surface area contributed by atoms with Crippen LogP contribution < -0.4 is 10.2 Å². The summed E-state index contributed by atoms with van der Waals surface area (Å²) in [5, 5.41) is 4.15. The van der Waals surface area contributed by atoms with Crippen LogP contribution in [0, 0.1) is 5.82 Å². The van der Waals surface area contributed by atoms with Crippen LogP contribution in [0.15, 0.2) is 42.5 Å². The van der Waals surface area contributed by atoms with Crippen LogP contribution in [-0.4, -0.2) is 14.1 Å². The second kappa shape index (κ2) is 6.81. The van der Waals surface area contributed by atoms with Gasteiger partial charge in [0.15, 0.2) is 0 Å². The molecule has 0 aliphatic heterocycles. The highest BCUT2D eigenvalue weighted by Crippen LogP contribution is 2.30. The monoisotopic (exact) mass is 306 g/mol. The van der Waals surface area contributed by atoms with E-state index in [9.17, 15) is 4.39 Å². The van der Waals surface area contributed by atoms with E-state index in [1.807, 2.05) is 49.3 Å². The molecule has 1 atom stereocenters. The molecule has 0 aliphatic carbocycles. The Bertz CT molecular complexity index is 596. The molecule has 0 radical (unpaired) electrons. The van der Waals surface area contributed by atoms with Crippen molar-refractivity contribution < 1.29 is 4.39 Å². The zero-order valence-corrected chi connectivity index (χ0v) is 13.3. The lowest BCUT2D eigenvalue weighted by atomic mass is 10.0. The number of nitrogens with one attached hydrogen (secondary N) is 1. The molecule has 2 nitrogen and oxygen atoms in total. The minimum absolute atomic E-state index is 0.131. The van der Waals surface area contributed by atoms with Gasteiger partial charge in [0.25, 0.3) is 0 Å². The predicted molar refractivity (Wildman–Crippen MR) is 88.8 cm³/mol. The summed E-state index contributed by atoms with van der Waals surface area (Å²) in [6.45, 7) is 2.09. The lowest BCUT2D eigenvalue weighted by Crippen LogP contribution is -2.11. The van der Waals surface area contributed by atoms with E-state index >= 15 is 0 Å². The largest absolute Gasteiger partial charge is 0.378 e. The van der Waals surface area contributed by atoms with E-state index in [1.165, 1.54) is 12.1 Å². The van der Waals surface area contributed by atoms with Gasteiger partial charge in [-0.25, -0.2) is 4.39 Å². The number of hydrogen-bond donors (Lipinski definition) is 1. The molecule has 0 fully saturated rings. The van der Waals surface area contributed by atoms with E-state index in [0.717, 1.165) is 23.4 Å². The van der Waals surface area contributed by atoms with Crippen molar-refractivity contribution in [2.24, 2.45) is 0 Å². The van der Waals surface area contributed by atoms with Crippen molar-refractivity contribution in [1.29, 1.82) is 0 Å². The summed E-state index contributed by atoms with van der Waals surface area (Å²) in [6.07, 6.45) is 0.901. The SMILES string of the molecule is CCC(Nc1ccc(N(C)C)c(Cl)c1)c1ccc(F)cc1. The van der Waals surface area contributed by atoms with Crippen molar-refractivity contribution in [2.45, 2.75) is 19.4 Å². The molecule has 2 aromatic carbocycles. The second-order valence-corrected chi connectivity index (χ2v) is 5.62. The van der Waals surface area contributed by atoms with Gasteiger partial charge in [0, 0.05) is 19.8 Å². The minimum atomic E-state index is -0.216. The quantitative estimate of drug-likeness (QED) is 0.826. The first-order chi connectivity index (χ1) is 10.0. The fourth-order valence-electron chi connectivity index (χ4n) is 2.28. The normalized spacial score (nSPS) is 12.0. The molecule has 112 valence electrons. The molecule has 0 aromatic heterocycles. The van der Waals surface area contributed by atoms with Crippen LogP contribution in [-0.2, 0) is 0 Å². The van der Waals surface area contributed by atoms with Gasteiger partial charge in [-0.2, -0.15) is 0 Å². The van der Waals surface area contributed by atoms with Crippen molar-refractivity contribution in [3.63, 3.8) is 0 Å². The molecule has 0 saturated heterocycles. The third-order valence-corrected chi connectivity index (χ3v) is 3.75. The van der Waals surface area contributed by atoms with Crippen LogP contribution in [0.1, 0.15) is 24.9 Å². The van der Waals surface area contributed by atoms with Gasteiger partial charge in [-0.05, 0) is 42.3 Å². The molecule has 4 heteroatoms. The van der Waals surface area contributed by atoms with E-state index in [1.54, 1.807) is 0 Å². The standard InChI is InChI=1S/C17H20ClFN2/c1-4-16(12-5-7-13(19)8-6-12)20-14-9-10-17(21(2)3)15(18)11-14/h5-11,16,20H,4H2,1-3H3. The van der Waals surface area contributed by atoms with Gasteiger partial charge in [-0.3, -0.25) is 0 Å². The molecule has 0 spiro atoms. The second-order valence-electron chi connectivity index (χ2n) is 5.22. The molecule has 21 heavy (non-hydrogen) atoms. The maximum Gasteiger partial charge on any atom is 0.123 e. The number of hydrogen-bond acceptors (Lipinski definition) is 2. The molecule has 0 aliphatic rings. The number of halogens is 2. The first kappa shape index (κ1) is 15.6. The number of benzene rings is 2. The smallest absolute Gasteiger partial charge is 0.123 e. The molecule has 1 unspecified atom stereocenters. The summed E-state index contributed by atoms with van der Waals surface area (Å²) in [7, 11) is 3.92. The van der Waals surface area contributed by atoms with Crippen LogP contribution in [0.2, 0.25) is 5.02 Å². The maximum atomic E-state index is 13.0. The Morgan fingerprint density at radius 1 is 1.14 bits per heavy atom. The van der Waals surface area contributed by atoms with Crippen LogP contribution in [0.25, 0.3) is 0 Å². The predicted octanol–water partition coefficient (Wildman–Crippen LogP) is 5.11. The number of nitrogens with zero attached hydrogens (tertiary/aromatic N) is 1. The Morgan fingerprint density at radius 3 is 2.33 bits per heavy atom. The van der Waals surface area contributed by atoms with E-state index < -0.39 is 0 Å². The lowest BCUT2D eigenvalue weighted by molar-refractivity contribution is 0.625. The summed E-state index contributed by atoms with van der Waals surface area (Å²) in [5.41, 5.74) is 3.01.